The maximum Gasteiger partial charge on any atom is 0.136 e. The van der Waals surface area contributed by atoms with Crippen LogP contribution in [0.4, 0.5) is 0 Å². The van der Waals surface area contributed by atoms with Gasteiger partial charge in [0.2, 0.25) is 0 Å². The summed E-state index contributed by atoms with van der Waals surface area (Å²) in [5, 5.41) is 9.05. The summed E-state index contributed by atoms with van der Waals surface area (Å²) in [5.74, 6) is 0.821. The van der Waals surface area contributed by atoms with E-state index in [1.807, 2.05) is 0 Å². The molecular formula is C13H19BrO2. The molecular weight excluding hydrogens is 268 g/mol. The Morgan fingerprint density at radius 1 is 1.31 bits per heavy atom. The molecule has 16 heavy (non-hydrogen) atoms. The first-order valence-corrected chi connectivity index (χ1v) is 6.17. The molecule has 0 atom stereocenters. The molecule has 0 fully saturated rings. The van der Waals surface area contributed by atoms with E-state index >= 15 is 0 Å². The third-order valence-electron chi connectivity index (χ3n) is 2.57. The first-order valence-electron chi connectivity index (χ1n) is 5.38. The third-order valence-corrected chi connectivity index (χ3v) is 3.16. The first kappa shape index (κ1) is 13.5. The Morgan fingerprint density at radius 3 is 2.38 bits per heavy atom. The Labute approximate surface area is 106 Å². The van der Waals surface area contributed by atoms with E-state index in [1.165, 1.54) is 5.56 Å². The van der Waals surface area contributed by atoms with Crippen molar-refractivity contribution in [2.24, 2.45) is 0 Å². The Bertz CT molecular complexity index is 367. The minimum atomic E-state index is 0.0962. The zero-order valence-corrected chi connectivity index (χ0v) is 11.9. The van der Waals surface area contributed by atoms with Gasteiger partial charge in [0.25, 0.3) is 0 Å². The van der Waals surface area contributed by atoms with Crippen molar-refractivity contribution in [3.05, 3.63) is 27.7 Å². The van der Waals surface area contributed by atoms with Crippen LogP contribution in [-0.4, -0.2) is 18.8 Å². The average molecular weight is 287 g/mol. The van der Waals surface area contributed by atoms with Crippen LogP contribution in [0.1, 0.15) is 31.9 Å². The van der Waals surface area contributed by atoms with E-state index in [2.05, 4.69) is 48.8 Å². The van der Waals surface area contributed by atoms with Crippen LogP contribution in [-0.2, 0) is 11.8 Å². The van der Waals surface area contributed by atoms with E-state index < -0.39 is 0 Å². The van der Waals surface area contributed by atoms with E-state index in [9.17, 15) is 0 Å². The highest BCUT2D eigenvalue weighted by molar-refractivity contribution is 9.10. The first-order chi connectivity index (χ1) is 7.40. The van der Waals surface area contributed by atoms with E-state index in [0.717, 1.165) is 15.8 Å². The minimum absolute atomic E-state index is 0.0962. The monoisotopic (exact) mass is 286 g/mol. The molecule has 1 N–H and O–H groups in total. The van der Waals surface area contributed by atoms with Crippen molar-refractivity contribution in [1.82, 2.24) is 0 Å². The van der Waals surface area contributed by atoms with Gasteiger partial charge >= 0.3 is 0 Å². The Hall–Kier alpha value is -0.540. The Kier molecular flexibility index (Phi) is 4.39. The molecule has 0 unspecified atom stereocenters. The number of hydrogen-bond donors (Lipinski definition) is 1. The minimum Gasteiger partial charge on any atom is -0.495 e. The van der Waals surface area contributed by atoms with Crippen LogP contribution in [0.2, 0.25) is 0 Å². The topological polar surface area (TPSA) is 29.5 Å². The molecule has 0 bridgehead atoms. The number of aliphatic hydroxyl groups is 1. The zero-order chi connectivity index (χ0) is 12.3. The second-order valence-corrected chi connectivity index (χ2v) is 5.73. The highest BCUT2D eigenvalue weighted by Gasteiger charge is 2.18. The SMILES string of the molecule is COc1c(Br)cc(C(C)(C)C)cc1CCO. The van der Waals surface area contributed by atoms with Crippen molar-refractivity contribution >= 4 is 15.9 Å². The van der Waals surface area contributed by atoms with Gasteiger partial charge in [-0.05, 0) is 45.0 Å². The lowest BCUT2D eigenvalue weighted by molar-refractivity contribution is 0.296. The molecule has 3 heteroatoms. The second kappa shape index (κ2) is 5.19. The van der Waals surface area contributed by atoms with Crippen LogP contribution in [0.25, 0.3) is 0 Å². The average Bonchev–Trinajstić information content (AvgIpc) is 2.16. The molecule has 0 aromatic heterocycles. The lowest BCUT2D eigenvalue weighted by Crippen LogP contribution is -2.12. The van der Waals surface area contributed by atoms with Gasteiger partial charge in [-0.25, -0.2) is 0 Å². The van der Waals surface area contributed by atoms with E-state index in [0.29, 0.717) is 6.42 Å². The van der Waals surface area contributed by atoms with Gasteiger partial charge in [0.1, 0.15) is 5.75 Å². The molecule has 0 saturated carbocycles. The van der Waals surface area contributed by atoms with Crippen LogP contribution in [0.3, 0.4) is 0 Å². The molecule has 0 amide bonds. The predicted octanol–water partition coefficient (Wildman–Crippen LogP) is 3.29. The molecule has 0 radical (unpaired) electrons. The molecule has 2 nitrogen and oxygen atoms in total. The summed E-state index contributed by atoms with van der Waals surface area (Å²) in [4.78, 5) is 0. The molecule has 1 rings (SSSR count). The highest BCUT2D eigenvalue weighted by atomic mass is 79.9. The molecule has 0 saturated heterocycles. The van der Waals surface area contributed by atoms with Gasteiger partial charge < -0.3 is 9.84 Å². The maximum atomic E-state index is 9.05. The van der Waals surface area contributed by atoms with Gasteiger partial charge in [-0.1, -0.05) is 26.8 Å². The van der Waals surface area contributed by atoms with Gasteiger partial charge in [0.15, 0.2) is 0 Å². The summed E-state index contributed by atoms with van der Waals surface area (Å²) in [6.07, 6.45) is 0.617. The quantitative estimate of drug-likeness (QED) is 0.924. The van der Waals surface area contributed by atoms with Crippen LogP contribution < -0.4 is 4.74 Å². The predicted molar refractivity (Wildman–Crippen MR) is 70.2 cm³/mol. The van der Waals surface area contributed by atoms with Gasteiger partial charge in [-0.15, -0.1) is 0 Å². The zero-order valence-electron chi connectivity index (χ0n) is 10.3. The largest absolute Gasteiger partial charge is 0.495 e. The fourth-order valence-corrected chi connectivity index (χ4v) is 2.28. The van der Waals surface area contributed by atoms with Crippen LogP contribution in [0.5, 0.6) is 5.75 Å². The molecule has 0 aliphatic rings. The number of aliphatic hydroxyl groups excluding tert-OH is 1. The number of benzene rings is 1. The summed E-state index contributed by atoms with van der Waals surface area (Å²) >= 11 is 3.51. The van der Waals surface area contributed by atoms with Crippen molar-refractivity contribution in [3.63, 3.8) is 0 Å². The van der Waals surface area contributed by atoms with Gasteiger partial charge in [-0.2, -0.15) is 0 Å². The molecule has 1 aromatic carbocycles. The van der Waals surface area contributed by atoms with E-state index in [4.69, 9.17) is 9.84 Å². The van der Waals surface area contributed by atoms with Crippen molar-refractivity contribution in [2.75, 3.05) is 13.7 Å². The summed E-state index contributed by atoms with van der Waals surface area (Å²) in [7, 11) is 1.65. The highest BCUT2D eigenvalue weighted by Crippen LogP contribution is 2.35. The molecule has 90 valence electrons. The lowest BCUT2D eigenvalue weighted by Gasteiger charge is -2.22. The molecule has 0 aliphatic carbocycles. The maximum absolute atomic E-state index is 9.05. The van der Waals surface area contributed by atoms with Gasteiger partial charge in [-0.3, -0.25) is 0 Å². The molecule has 0 spiro atoms. The summed E-state index contributed by atoms with van der Waals surface area (Å²) in [5.41, 5.74) is 2.38. The van der Waals surface area contributed by atoms with Gasteiger partial charge in [0.05, 0.1) is 11.6 Å². The third kappa shape index (κ3) is 2.98. The van der Waals surface area contributed by atoms with Crippen molar-refractivity contribution in [1.29, 1.82) is 0 Å². The number of rotatable bonds is 3. The van der Waals surface area contributed by atoms with E-state index in [1.54, 1.807) is 7.11 Å². The van der Waals surface area contributed by atoms with Crippen molar-refractivity contribution in [2.45, 2.75) is 32.6 Å². The molecule has 0 heterocycles. The second-order valence-electron chi connectivity index (χ2n) is 4.87. The number of methoxy groups -OCH3 is 1. The molecule has 1 aromatic rings. The molecule has 0 aliphatic heterocycles. The number of hydrogen-bond acceptors (Lipinski definition) is 2. The van der Waals surface area contributed by atoms with Crippen LogP contribution >= 0.6 is 15.9 Å². The normalized spacial score (nSPS) is 11.6. The smallest absolute Gasteiger partial charge is 0.136 e. The fraction of sp³-hybridized carbons (Fsp3) is 0.538. The summed E-state index contributed by atoms with van der Waals surface area (Å²) < 4.78 is 6.29. The Morgan fingerprint density at radius 2 is 1.94 bits per heavy atom. The van der Waals surface area contributed by atoms with Crippen LogP contribution in [0.15, 0.2) is 16.6 Å². The van der Waals surface area contributed by atoms with E-state index in [-0.39, 0.29) is 12.0 Å². The lowest BCUT2D eigenvalue weighted by atomic mass is 9.85. The van der Waals surface area contributed by atoms with Gasteiger partial charge in [0, 0.05) is 6.61 Å². The standard InChI is InChI=1S/C13H19BrO2/c1-13(2,3)10-7-9(5-6-15)12(16-4)11(14)8-10/h7-8,15H,5-6H2,1-4H3. The van der Waals surface area contributed by atoms with Crippen molar-refractivity contribution in [3.8, 4) is 5.75 Å². The van der Waals surface area contributed by atoms with Crippen LogP contribution in [0, 0.1) is 0 Å². The van der Waals surface area contributed by atoms with Crippen molar-refractivity contribution < 1.29 is 9.84 Å². The number of halogens is 1. The number of ether oxygens (including phenoxy) is 1. The Balaban J connectivity index is 3.28. The fourth-order valence-electron chi connectivity index (χ4n) is 1.62. The summed E-state index contributed by atoms with van der Waals surface area (Å²) in [6, 6.07) is 4.19. The summed E-state index contributed by atoms with van der Waals surface area (Å²) in [6.45, 7) is 6.65.